The summed E-state index contributed by atoms with van der Waals surface area (Å²) in [5.41, 5.74) is 7.59. The van der Waals surface area contributed by atoms with E-state index in [-0.39, 0.29) is 23.9 Å². The van der Waals surface area contributed by atoms with Crippen LogP contribution in [0.15, 0.2) is 24.3 Å². The van der Waals surface area contributed by atoms with Gasteiger partial charge in [0.25, 0.3) is 5.91 Å². The highest BCUT2D eigenvalue weighted by molar-refractivity contribution is 6.02. The van der Waals surface area contributed by atoms with Gasteiger partial charge in [0.1, 0.15) is 6.04 Å². The lowest BCUT2D eigenvalue weighted by atomic mass is 10.1. The predicted octanol–water partition coefficient (Wildman–Crippen LogP) is 0.590. The van der Waals surface area contributed by atoms with Crippen LogP contribution in [0.25, 0.3) is 0 Å². The zero-order valence-corrected chi connectivity index (χ0v) is 15.5. The molecule has 0 aliphatic carbocycles. The van der Waals surface area contributed by atoms with Crippen molar-refractivity contribution in [2.24, 2.45) is 5.73 Å². The van der Waals surface area contributed by atoms with Crippen molar-refractivity contribution >= 4 is 17.5 Å². The van der Waals surface area contributed by atoms with E-state index in [0.717, 1.165) is 18.8 Å². The van der Waals surface area contributed by atoms with Crippen molar-refractivity contribution in [2.45, 2.75) is 38.4 Å². The molecule has 0 radical (unpaired) electrons. The Bertz CT molecular complexity index is 658. The molecule has 0 spiro atoms. The van der Waals surface area contributed by atoms with Crippen molar-refractivity contribution in [3.8, 4) is 0 Å². The Kier molecular flexibility index (Phi) is 5.78. The van der Waals surface area contributed by atoms with Crippen LogP contribution in [0.1, 0.15) is 30.6 Å². The van der Waals surface area contributed by atoms with Crippen molar-refractivity contribution < 1.29 is 14.3 Å². The molecular weight excluding hydrogens is 332 g/mol. The normalized spacial score (nSPS) is 23.4. The number of hydrogen-bond donors (Lipinski definition) is 2. The zero-order valence-electron chi connectivity index (χ0n) is 15.5. The lowest BCUT2D eigenvalue weighted by Crippen LogP contribution is -2.48. The number of nitrogens with two attached hydrogens (primary N) is 1. The fourth-order valence-corrected chi connectivity index (χ4v) is 3.61. The monoisotopic (exact) mass is 360 g/mol. The summed E-state index contributed by atoms with van der Waals surface area (Å²) in [6.45, 7) is 7.01. The summed E-state index contributed by atoms with van der Waals surface area (Å²) < 4.78 is 5.41. The number of morpholine rings is 1. The molecule has 26 heavy (non-hydrogen) atoms. The maximum absolute atomic E-state index is 13.3. The smallest absolute Gasteiger partial charge is 0.256 e. The van der Waals surface area contributed by atoms with Gasteiger partial charge in [-0.3, -0.25) is 9.59 Å². The molecule has 3 N–H and O–H groups in total. The summed E-state index contributed by atoms with van der Waals surface area (Å²) >= 11 is 0. The SMILES string of the molecule is CC(C)NC(=O)[C@@H]1C[C@H](N)CN1C(=O)c1ccccc1N1CCOCC1. The molecule has 2 saturated heterocycles. The molecule has 2 heterocycles. The van der Waals surface area contributed by atoms with Crippen molar-refractivity contribution in [2.75, 3.05) is 37.7 Å². The molecular formula is C19H28N4O3. The van der Waals surface area contributed by atoms with E-state index in [2.05, 4.69) is 10.2 Å². The number of rotatable bonds is 4. The number of nitrogens with one attached hydrogen (secondary N) is 1. The number of amides is 2. The van der Waals surface area contributed by atoms with Gasteiger partial charge < -0.3 is 25.6 Å². The minimum absolute atomic E-state index is 0.0249. The van der Waals surface area contributed by atoms with Crippen molar-refractivity contribution in [1.82, 2.24) is 10.2 Å². The average Bonchev–Trinajstić information content (AvgIpc) is 3.03. The van der Waals surface area contributed by atoms with E-state index in [1.165, 1.54) is 0 Å². The van der Waals surface area contributed by atoms with E-state index < -0.39 is 6.04 Å². The third-order valence-electron chi connectivity index (χ3n) is 4.81. The Hall–Kier alpha value is -2.12. The number of nitrogens with zero attached hydrogens (tertiary/aromatic N) is 2. The van der Waals surface area contributed by atoms with Gasteiger partial charge in [-0.2, -0.15) is 0 Å². The molecule has 7 nitrogen and oxygen atoms in total. The number of carbonyl (C=O) groups is 2. The van der Waals surface area contributed by atoms with Crippen LogP contribution in [-0.4, -0.2) is 67.7 Å². The first-order chi connectivity index (χ1) is 12.5. The minimum atomic E-state index is -0.516. The third-order valence-corrected chi connectivity index (χ3v) is 4.81. The molecule has 2 amide bonds. The Labute approximate surface area is 154 Å². The van der Waals surface area contributed by atoms with Crippen molar-refractivity contribution in [3.63, 3.8) is 0 Å². The molecule has 2 aliphatic heterocycles. The maximum Gasteiger partial charge on any atom is 0.256 e. The Morgan fingerprint density at radius 1 is 1.23 bits per heavy atom. The molecule has 142 valence electrons. The van der Waals surface area contributed by atoms with Gasteiger partial charge in [-0.25, -0.2) is 0 Å². The van der Waals surface area contributed by atoms with Gasteiger partial charge in [0.05, 0.1) is 18.8 Å². The molecule has 3 rings (SSSR count). The van der Waals surface area contributed by atoms with Crippen LogP contribution in [0, 0.1) is 0 Å². The summed E-state index contributed by atoms with van der Waals surface area (Å²) in [6, 6.07) is 6.90. The van der Waals surface area contributed by atoms with E-state index in [9.17, 15) is 9.59 Å². The fraction of sp³-hybridized carbons (Fsp3) is 0.579. The third kappa shape index (κ3) is 3.99. The molecule has 1 aromatic carbocycles. The molecule has 0 saturated carbocycles. The number of carbonyl (C=O) groups excluding carboxylic acids is 2. The van der Waals surface area contributed by atoms with E-state index in [1.54, 1.807) is 4.90 Å². The first-order valence-corrected chi connectivity index (χ1v) is 9.26. The molecule has 2 aliphatic rings. The fourth-order valence-electron chi connectivity index (χ4n) is 3.61. The van der Waals surface area contributed by atoms with Gasteiger partial charge in [0.15, 0.2) is 0 Å². The van der Waals surface area contributed by atoms with Gasteiger partial charge in [-0.1, -0.05) is 12.1 Å². The van der Waals surface area contributed by atoms with Crippen LogP contribution in [0.5, 0.6) is 0 Å². The topological polar surface area (TPSA) is 87.9 Å². The van der Waals surface area contributed by atoms with E-state index >= 15 is 0 Å². The molecule has 0 bridgehead atoms. The number of para-hydroxylation sites is 1. The quantitative estimate of drug-likeness (QED) is 0.821. The first-order valence-electron chi connectivity index (χ1n) is 9.26. The van der Waals surface area contributed by atoms with Crippen LogP contribution in [-0.2, 0) is 9.53 Å². The maximum atomic E-state index is 13.3. The second kappa shape index (κ2) is 8.05. The number of hydrogen-bond acceptors (Lipinski definition) is 5. The van der Waals surface area contributed by atoms with Gasteiger partial charge >= 0.3 is 0 Å². The van der Waals surface area contributed by atoms with Crippen LogP contribution < -0.4 is 16.0 Å². The second-order valence-corrected chi connectivity index (χ2v) is 7.25. The molecule has 0 aromatic heterocycles. The van der Waals surface area contributed by atoms with Crippen LogP contribution in [0.3, 0.4) is 0 Å². The Morgan fingerprint density at radius 3 is 2.62 bits per heavy atom. The highest BCUT2D eigenvalue weighted by Gasteiger charge is 2.39. The molecule has 7 heteroatoms. The van der Waals surface area contributed by atoms with Gasteiger partial charge in [-0.15, -0.1) is 0 Å². The van der Waals surface area contributed by atoms with Gasteiger partial charge in [-0.05, 0) is 32.4 Å². The van der Waals surface area contributed by atoms with Crippen molar-refractivity contribution in [3.05, 3.63) is 29.8 Å². The lowest BCUT2D eigenvalue weighted by Gasteiger charge is -2.32. The Balaban J connectivity index is 1.84. The number of likely N-dealkylation sites (tertiary alicyclic amines) is 1. The average molecular weight is 360 g/mol. The molecule has 1 aromatic rings. The number of anilines is 1. The molecule has 0 unspecified atom stereocenters. The zero-order chi connectivity index (χ0) is 18.7. The van der Waals surface area contributed by atoms with E-state index in [4.69, 9.17) is 10.5 Å². The molecule has 2 atom stereocenters. The summed E-state index contributed by atoms with van der Waals surface area (Å²) in [4.78, 5) is 29.6. The molecule has 2 fully saturated rings. The van der Waals surface area contributed by atoms with Crippen molar-refractivity contribution in [1.29, 1.82) is 0 Å². The summed E-state index contributed by atoms with van der Waals surface area (Å²) in [7, 11) is 0. The summed E-state index contributed by atoms with van der Waals surface area (Å²) in [6.07, 6.45) is 0.490. The van der Waals surface area contributed by atoms with E-state index in [1.807, 2.05) is 38.1 Å². The van der Waals surface area contributed by atoms with Gasteiger partial charge in [0, 0.05) is 37.4 Å². The minimum Gasteiger partial charge on any atom is -0.378 e. The number of benzene rings is 1. The lowest BCUT2D eigenvalue weighted by molar-refractivity contribution is -0.125. The summed E-state index contributed by atoms with van der Waals surface area (Å²) in [5, 5.41) is 2.90. The Morgan fingerprint density at radius 2 is 1.92 bits per heavy atom. The summed E-state index contributed by atoms with van der Waals surface area (Å²) in [5.74, 6) is -0.269. The van der Waals surface area contributed by atoms with Gasteiger partial charge in [0.2, 0.25) is 5.91 Å². The number of ether oxygens (including phenoxy) is 1. The highest BCUT2D eigenvalue weighted by Crippen LogP contribution is 2.26. The first kappa shape index (κ1) is 18.7. The largest absolute Gasteiger partial charge is 0.378 e. The van der Waals surface area contributed by atoms with Crippen LogP contribution in [0.2, 0.25) is 0 Å². The van der Waals surface area contributed by atoms with E-state index in [0.29, 0.717) is 31.7 Å². The van der Waals surface area contributed by atoms with Crippen LogP contribution in [0.4, 0.5) is 5.69 Å². The second-order valence-electron chi connectivity index (χ2n) is 7.25. The predicted molar refractivity (Wildman–Crippen MR) is 100 cm³/mol. The highest BCUT2D eigenvalue weighted by atomic mass is 16.5. The van der Waals surface area contributed by atoms with Crippen LogP contribution >= 0.6 is 0 Å². The standard InChI is InChI=1S/C19H28N4O3/c1-13(2)21-18(24)17-11-14(20)12-23(17)19(25)15-5-3-4-6-16(15)22-7-9-26-10-8-22/h3-6,13-14,17H,7-12,20H2,1-2H3,(H,21,24)/t14-,17-/m0/s1.